The first-order chi connectivity index (χ1) is 7.18. The van der Waals surface area contributed by atoms with Crippen LogP contribution in [0.1, 0.15) is 0 Å². The zero-order valence-corrected chi connectivity index (χ0v) is 9.93. The molecule has 0 bridgehead atoms. The van der Waals surface area contributed by atoms with Gasteiger partial charge in [-0.25, -0.2) is 8.42 Å². The summed E-state index contributed by atoms with van der Waals surface area (Å²) >= 11 is 0. The molecule has 0 saturated heterocycles. The topological polar surface area (TPSA) is 138 Å². The molecule has 0 amide bonds. The van der Waals surface area contributed by atoms with Crippen molar-refractivity contribution < 1.29 is 37.3 Å². The Morgan fingerprint density at radius 2 is 1.19 bits per heavy atom. The van der Waals surface area contributed by atoms with Crippen LogP contribution >= 0.6 is 0 Å². The van der Waals surface area contributed by atoms with Crippen molar-refractivity contribution in [2.24, 2.45) is 0 Å². The second-order valence-corrected chi connectivity index (χ2v) is 4.24. The van der Waals surface area contributed by atoms with Crippen LogP contribution in [0.3, 0.4) is 0 Å². The fourth-order valence-electron chi connectivity index (χ4n) is 1.06. The van der Waals surface area contributed by atoms with E-state index in [1.165, 1.54) is 0 Å². The molecule has 0 unspecified atom stereocenters. The van der Waals surface area contributed by atoms with Crippen molar-refractivity contribution in [3.63, 3.8) is 0 Å². The van der Waals surface area contributed by atoms with Crippen LogP contribution in [-0.4, -0.2) is 83.8 Å². The molecule has 0 saturated carbocycles. The molecule has 100 valence electrons. The lowest BCUT2D eigenvalue weighted by Gasteiger charge is -2.32. The number of quaternary nitrogens is 1. The van der Waals surface area contributed by atoms with E-state index in [0.29, 0.717) is 24.1 Å². The summed E-state index contributed by atoms with van der Waals surface area (Å²) in [6.07, 6.45) is 0. The first-order valence-corrected chi connectivity index (χ1v) is 5.89. The molecule has 0 aromatic heterocycles. The lowest BCUT2D eigenvalue weighted by atomic mass is 10.4. The Bertz CT molecular complexity index is 228. The predicted molar refractivity (Wildman–Crippen MR) is 54.4 cm³/mol. The Morgan fingerprint density at radius 3 is 1.31 bits per heavy atom. The maximum Gasteiger partial charge on any atom is 0.215 e. The highest BCUT2D eigenvalue weighted by molar-refractivity contribution is 7.79. The summed E-state index contributed by atoms with van der Waals surface area (Å²) in [5.74, 6) is 0. The molecule has 4 N–H and O–H groups in total. The van der Waals surface area contributed by atoms with Gasteiger partial charge in [-0.15, -0.1) is 0 Å². The average molecular weight is 261 g/mol. The van der Waals surface area contributed by atoms with Gasteiger partial charge in [-0.2, -0.15) is 0 Å². The third-order valence-corrected chi connectivity index (χ3v) is 1.92. The maximum absolute atomic E-state index is 8.68. The number of hydrogen-bond donors (Lipinski definition) is 4. The molecule has 0 aromatic carbocycles. The zero-order valence-electron chi connectivity index (χ0n) is 9.11. The first kappa shape index (κ1) is 18.1. The van der Waals surface area contributed by atoms with Crippen LogP contribution < -0.4 is 0 Å². The molecular weight excluding hydrogens is 242 g/mol. The van der Waals surface area contributed by atoms with Crippen molar-refractivity contribution in [1.82, 2.24) is 0 Å². The molecule has 0 aromatic rings. The molecule has 0 aliphatic rings. The Morgan fingerprint density at radius 1 is 1.00 bits per heavy atom. The molecule has 0 atom stereocenters. The van der Waals surface area contributed by atoms with Crippen LogP contribution in [0.4, 0.5) is 0 Å². The van der Waals surface area contributed by atoms with Gasteiger partial charge in [0.15, 0.2) is 0 Å². The van der Waals surface area contributed by atoms with E-state index in [1.807, 2.05) is 7.05 Å². The third-order valence-electron chi connectivity index (χ3n) is 1.92. The van der Waals surface area contributed by atoms with Crippen molar-refractivity contribution in [1.29, 1.82) is 0 Å². The summed E-state index contributed by atoms with van der Waals surface area (Å²) in [5, 5.41) is 26.0. The minimum absolute atomic E-state index is 0.0938. The molecule has 0 heterocycles. The van der Waals surface area contributed by atoms with Crippen molar-refractivity contribution in [2.45, 2.75) is 0 Å². The molecule has 0 aliphatic carbocycles. The quantitative estimate of drug-likeness (QED) is 0.234. The molecule has 0 radical (unpaired) electrons. The average Bonchev–Trinajstić information content (AvgIpc) is 2.01. The van der Waals surface area contributed by atoms with E-state index in [1.54, 1.807) is 0 Å². The van der Waals surface area contributed by atoms with Gasteiger partial charge in [-0.1, -0.05) is 0 Å². The van der Waals surface area contributed by atoms with Gasteiger partial charge in [0.2, 0.25) is 10.4 Å². The summed E-state index contributed by atoms with van der Waals surface area (Å²) in [6.45, 7) is 2.03. The molecule has 0 rings (SSSR count). The van der Waals surface area contributed by atoms with Gasteiger partial charge in [-0.3, -0.25) is 4.55 Å². The maximum atomic E-state index is 8.68. The zero-order chi connectivity index (χ0) is 13.2. The van der Waals surface area contributed by atoms with Gasteiger partial charge in [0.05, 0.1) is 26.9 Å². The van der Waals surface area contributed by atoms with Gasteiger partial charge < -0.3 is 24.4 Å². The van der Waals surface area contributed by atoms with Crippen LogP contribution in [-0.2, 0) is 10.4 Å². The van der Waals surface area contributed by atoms with Crippen LogP contribution in [0.2, 0.25) is 0 Å². The molecule has 8 nitrogen and oxygen atoms in total. The molecule has 0 fully saturated rings. The van der Waals surface area contributed by atoms with Gasteiger partial charge in [0, 0.05) is 0 Å². The fourth-order valence-corrected chi connectivity index (χ4v) is 1.06. The molecular formula is C7H19NO7S. The molecule has 0 aliphatic heterocycles. The lowest BCUT2D eigenvalue weighted by molar-refractivity contribution is -0.910. The first-order valence-electron chi connectivity index (χ1n) is 4.53. The molecule has 0 spiro atoms. The Labute approximate surface area is 94.9 Å². The van der Waals surface area contributed by atoms with Crippen molar-refractivity contribution in [3.8, 4) is 0 Å². The van der Waals surface area contributed by atoms with Crippen molar-refractivity contribution >= 4 is 10.4 Å². The smallest absolute Gasteiger partial charge is 0.215 e. The fraction of sp³-hybridized carbons (Fsp3) is 1.00. The van der Waals surface area contributed by atoms with Gasteiger partial charge in [-0.05, 0) is 0 Å². The normalized spacial score (nSPS) is 11.9. The molecule has 16 heavy (non-hydrogen) atoms. The van der Waals surface area contributed by atoms with Gasteiger partial charge >= 0.3 is 0 Å². The summed E-state index contributed by atoms with van der Waals surface area (Å²) in [7, 11) is -3.01. The minimum Gasteiger partial charge on any atom is -0.726 e. The standard InChI is InChI=1S/C7H18NO3.H2O4S/c1-8(2-5-9,3-6-10)4-7-11;1-5(2,3)4/h9-11H,2-7H2,1H3;(H2,1,2,3,4)/q+1;/p-1. The van der Waals surface area contributed by atoms with E-state index < -0.39 is 10.4 Å². The number of nitrogens with zero attached hydrogens (tertiary/aromatic N) is 1. The van der Waals surface area contributed by atoms with Crippen molar-refractivity contribution in [3.05, 3.63) is 0 Å². The van der Waals surface area contributed by atoms with E-state index in [0.717, 1.165) is 0 Å². The highest BCUT2D eigenvalue weighted by atomic mass is 32.3. The third kappa shape index (κ3) is 16.2. The second kappa shape index (κ2) is 8.82. The second-order valence-electron chi connectivity index (χ2n) is 3.39. The van der Waals surface area contributed by atoms with E-state index in [2.05, 4.69) is 0 Å². The summed E-state index contributed by atoms with van der Waals surface area (Å²) in [5.41, 5.74) is 0. The monoisotopic (exact) mass is 261 g/mol. The predicted octanol–water partition coefficient (Wildman–Crippen LogP) is -2.59. The van der Waals surface area contributed by atoms with Crippen molar-refractivity contribution in [2.75, 3.05) is 46.5 Å². The number of aliphatic hydroxyl groups is 3. The largest absolute Gasteiger partial charge is 0.726 e. The lowest BCUT2D eigenvalue weighted by Crippen LogP contribution is -2.49. The number of rotatable bonds is 6. The number of aliphatic hydroxyl groups excluding tert-OH is 3. The minimum atomic E-state index is -4.92. The number of likely N-dealkylation sites (N-methyl/N-ethyl adjacent to an activating group) is 1. The Balaban J connectivity index is 0. The van der Waals surface area contributed by atoms with E-state index in [-0.39, 0.29) is 19.8 Å². The Hall–Kier alpha value is -0.290. The van der Waals surface area contributed by atoms with E-state index in [4.69, 9.17) is 32.8 Å². The molecule has 9 heteroatoms. The van der Waals surface area contributed by atoms with Gasteiger partial charge in [0.1, 0.15) is 19.6 Å². The van der Waals surface area contributed by atoms with Crippen LogP contribution in [0, 0.1) is 0 Å². The summed E-state index contributed by atoms with van der Waals surface area (Å²) in [6, 6.07) is 0. The van der Waals surface area contributed by atoms with Crippen LogP contribution in [0.5, 0.6) is 0 Å². The number of hydrogen-bond acceptors (Lipinski definition) is 6. The van der Waals surface area contributed by atoms with Gasteiger partial charge in [0.25, 0.3) is 0 Å². The summed E-state index contributed by atoms with van der Waals surface area (Å²) in [4.78, 5) is 0. The van der Waals surface area contributed by atoms with Crippen LogP contribution in [0.15, 0.2) is 0 Å². The summed E-state index contributed by atoms with van der Waals surface area (Å²) < 4.78 is 33.4. The van der Waals surface area contributed by atoms with Crippen LogP contribution in [0.25, 0.3) is 0 Å². The highest BCUT2D eigenvalue weighted by Crippen LogP contribution is 1.99. The van der Waals surface area contributed by atoms with E-state index in [9.17, 15) is 0 Å². The van der Waals surface area contributed by atoms with E-state index >= 15 is 0 Å². The highest BCUT2D eigenvalue weighted by Gasteiger charge is 2.18. The Kier molecular flexibility index (Phi) is 9.96. The SMILES string of the molecule is C[N+](CCO)(CCO)CCO.O=S(=O)([O-])O.